The van der Waals surface area contributed by atoms with Gasteiger partial charge in [-0.2, -0.15) is 4.39 Å². The fraction of sp³-hybridized carbons (Fsp3) is 0. The van der Waals surface area contributed by atoms with Crippen LogP contribution in [0, 0.1) is 5.95 Å². The Balaban J connectivity index is 3.04. The lowest BCUT2D eigenvalue weighted by atomic mass is 10.9. The van der Waals surface area contributed by atoms with E-state index in [4.69, 9.17) is 5.73 Å². The van der Waals surface area contributed by atoms with Crippen LogP contribution in [0.3, 0.4) is 0 Å². The number of nitrogen functional groups attached to an aromatic ring is 1. The third-order valence-corrected chi connectivity index (χ3v) is 0.564. The molecule has 0 unspecified atom stereocenters. The van der Waals surface area contributed by atoms with Crippen molar-refractivity contribution in [2.24, 2.45) is 0 Å². The summed E-state index contributed by atoms with van der Waals surface area (Å²) in [5.74, 6) is -0.394. The summed E-state index contributed by atoms with van der Waals surface area (Å²) in [6.45, 7) is 0. The highest BCUT2D eigenvalue weighted by Gasteiger charge is 1.88. The van der Waals surface area contributed by atoms with Crippen LogP contribution in [-0.2, 0) is 0 Å². The molecule has 4 heteroatoms. The molecule has 1 aromatic heterocycles. The van der Waals surface area contributed by atoms with Crippen molar-refractivity contribution in [1.82, 2.24) is 9.97 Å². The highest BCUT2D eigenvalue weighted by atomic mass is 19.1. The molecule has 0 fully saturated rings. The average Bonchev–Trinajstić information content (AvgIpc) is 1.87. The summed E-state index contributed by atoms with van der Waals surface area (Å²) >= 11 is 0. The molecule has 0 spiro atoms. The fourth-order valence-electron chi connectivity index (χ4n) is 0.313. The standard InChI is InChI=1S/C3H4FN3/c4-2-1-6-3(5)7-2/h1H,(H3,5,6,7). The molecule has 1 rings (SSSR count). The lowest BCUT2D eigenvalue weighted by Crippen LogP contribution is -1.84. The van der Waals surface area contributed by atoms with Gasteiger partial charge >= 0.3 is 0 Å². The van der Waals surface area contributed by atoms with Crippen LogP contribution >= 0.6 is 0 Å². The molecule has 0 atom stereocenters. The van der Waals surface area contributed by atoms with E-state index in [0.29, 0.717) is 0 Å². The van der Waals surface area contributed by atoms with E-state index in [1.54, 1.807) is 0 Å². The minimum absolute atomic E-state index is 0.109. The van der Waals surface area contributed by atoms with Crippen molar-refractivity contribution in [2.75, 3.05) is 5.73 Å². The van der Waals surface area contributed by atoms with Crippen molar-refractivity contribution in [2.45, 2.75) is 0 Å². The monoisotopic (exact) mass is 101 g/mol. The van der Waals surface area contributed by atoms with Gasteiger partial charge in [0, 0.05) is 0 Å². The van der Waals surface area contributed by atoms with Crippen LogP contribution in [0.5, 0.6) is 0 Å². The third-order valence-electron chi connectivity index (χ3n) is 0.564. The van der Waals surface area contributed by atoms with Gasteiger partial charge in [0.2, 0.25) is 5.95 Å². The van der Waals surface area contributed by atoms with Crippen molar-refractivity contribution in [3.8, 4) is 0 Å². The van der Waals surface area contributed by atoms with Crippen molar-refractivity contribution in [3.63, 3.8) is 0 Å². The van der Waals surface area contributed by atoms with Crippen LogP contribution in [0.4, 0.5) is 10.3 Å². The summed E-state index contributed by atoms with van der Waals surface area (Å²) in [6, 6.07) is 0. The van der Waals surface area contributed by atoms with Crippen molar-refractivity contribution in [1.29, 1.82) is 0 Å². The zero-order valence-corrected chi connectivity index (χ0v) is 3.48. The Hall–Kier alpha value is -1.06. The number of hydrogen-bond donors (Lipinski definition) is 2. The molecule has 0 amide bonds. The van der Waals surface area contributed by atoms with Gasteiger partial charge in [0.1, 0.15) is 0 Å². The topological polar surface area (TPSA) is 54.7 Å². The zero-order valence-electron chi connectivity index (χ0n) is 3.48. The maximum atomic E-state index is 11.7. The third kappa shape index (κ3) is 0.677. The summed E-state index contributed by atoms with van der Waals surface area (Å²) < 4.78 is 11.7. The first-order valence-electron chi connectivity index (χ1n) is 1.75. The van der Waals surface area contributed by atoms with E-state index in [1.807, 2.05) is 0 Å². The SMILES string of the molecule is Nc1ncc(F)[nH]1. The smallest absolute Gasteiger partial charge is 0.212 e. The van der Waals surface area contributed by atoms with E-state index in [9.17, 15) is 4.39 Å². The number of imidazole rings is 1. The molecule has 0 saturated heterocycles. The maximum absolute atomic E-state index is 11.7. The number of nitrogens with two attached hydrogens (primary N) is 1. The molecule has 0 saturated carbocycles. The second-order valence-electron chi connectivity index (χ2n) is 1.12. The molecular formula is C3H4FN3. The number of rotatable bonds is 0. The number of halogens is 1. The second kappa shape index (κ2) is 1.22. The largest absolute Gasteiger partial charge is 0.369 e. The molecule has 3 N–H and O–H groups in total. The Morgan fingerprint density at radius 1 is 1.86 bits per heavy atom. The van der Waals surface area contributed by atoms with Gasteiger partial charge in [0.05, 0.1) is 6.20 Å². The van der Waals surface area contributed by atoms with Crippen LogP contribution in [0.1, 0.15) is 0 Å². The van der Waals surface area contributed by atoms with Gasteiger partial charge in [-0.3, -0.25) is 0 Å². The summed E-state index contributed by atoms with van der Waals surface area (Å²) in [6.07, 6.45) is 1.02. The lowest BCUT2D eigenvalue weighted by Gasteiger charge is -1.72. The molecule has 0 aromatic carbocycles. The number of aromatic nitrogens is 2. The van der Waals surface area contributed by atoms with Crippen LogP contribution in [-0.4, -0.2) is 9.97 Å². The van der Waals surface area contributed by atoms with E-state index < -0.39 is 5.95 Å². The van der Waals surface area contributed by atoms with Gasteiger partial charge in [0.25, 0.3) is 0 Å². The Bertz CT molecular complexity index is 142. The van der Waals surface area contributed by atoms with Gasteiger partial charge in [-0.1, -0.05) is 0 Å². The normalized spacial score (nSPS) is 9.29. The van der Waals surface area contributed by atoms with Crippen LogP contribution in [0.25, 0.3) is 0 Å². The van der Waals surface area contributed by atoms with Crippen LogP contribution < -0.4 is 5.73 Å². The molecule has 0 bridgehead atoms. The number of nitrogens with one attached hydrogen (secondary N) is 1. The molecule has 7 heavy (non-hydrogen) atoms. The molecule has 38 valence electrons. The Morgan fingerprint density at radius 2 is 2.57 bits per heavy atom. The molecule has 1 heterocycles. The lowest BCUT2D eigenvalue weighted by molar-refractivity contribution is 0.592. The van der Waals surface area contributed by atoms with Gasteiger partial charge in [-0.15, -0.1) is 0 Å². The maximum Gasteiger partial charge on any atom is 0.212 e. The number of anilines is 1. The van der Waals surface area contributed by atoms with Crippen LogP contribution in [0.15, 0.2) is 6.20 Å². The Kier molecular flexibility index (Phi) is 0.714. The van der Waals surface area contributed by atoms with E-state index in [-0.39, 0.29) is 5.95 Å². The van der Waals surface area contributed by atoms with Gasteiger partial charge in [0.15, 0.2) is 5.95 Å². The molecule has 3 nitrogen and oxygen atoms in total. The summed E-state index contributed by atoms with van der Waals surface area (Å²) in [5.41, 5.74) is 4.97. The second-order valence-corrected chi connectivity index (χ2v) is 1.12. The Morgan fingerprint density at radius 3 is 2.71 bits per heavy atom. The van der Waals surface area contributed by atoms with Crippen molar-refractivity contribution >= 4 is 5.95 Å². The highest BCUT2D eigenvalue weighted by Crippen LogP contribution is 1.91. The molecule has 0 aliphatic carbocycles. The minimum Gasteiger partial charge on any atom is -0.369 e. The number of nitrogens with zero attached hydrogens (tertiary/aromatic N) is 1. The first-order valence-corrected chi connectivity index (χ1v) is 1.75. The average molecular weight is 101 g/mol. The molecule has 0 aliphatic rings. The van der Waals surface area contributed by atoms with Gasteiger partial charge < -0.3 is 10.7 Å². The van der Waals surface area contributed by atoms with E-state index in [1.165, 1.54) is 0 Å². The molecule has 0 aliphatic heterocycles. The predicted molar refractivity (Wildman–Crippen MR) is 23.0 cm³/mol. The summed E-state index contributed by atoms with van der Waals surface area (Å²) in [5, 5.41) is 0. The zero-order chi connectivity index (χ0) is 5.28. The number of hydrogen-bond acceptors (Lipinski definition) is 2. The number of aromatic amines is 1. The molecule has 1 aromatic rings. The Labute approximate surface area is 39.4 Å². The molecule has 0 radical (unpaired) electrons. The van der Waals surface area contributed by atoms with Crippen LogP contribution in [0.2, 0.25) is 0 Å². The minimum atomic E-state index is -0.502. The predicted octanol–water partition coefficient (Wildman–Crippen LogP) is 0.131. The van der Waals surface area contributed by atoms with E-state index >= 15 is 0 Å². The highest BCUT2D eigenvalue weighted by molar-refractivity contribution is 5.12. The van der Waals surface area contributed by atoms with Gasteiger partial charge in [-0.05, 0) is 0 Å². The summed E-state index contributed by atoms with van der Waals surface area (Å²) in [4.78, 5) is 5.50. The van der Waals surface area contributed by atoms with E-state index in [2.05, 4.69) is 9.97 Å². The first-order chi connectivity index (χ1) is 3.29. The summed E-state index contributed by atoms with van der Waals surface area (Å²) in [7, 11) is 0. The quantitative estimate of drug-likeness (QED) is 0.488. The van der Waals surface area contributed by atoms with Gasteiger partial charge in [-0.25, -0.2) is 4.98 Å². The molecular weight excluding hydrogens is 97.1 g/mol. The first kappa shape index (κ1) is 4.11. The van der Waals surface area contributed by atoms with Crippen molar-refractivity contribution in [3.05, 3.63) is 12.1 Å². The van der Waals surface area contributed by atoms with Crippen molar-refractivity contribution < 1.29 is 4.39 Å². The fourth-order valence-corrected chi connectivity index (χ4v) is 0.313. The van der Waals surface area contributed by atoms with E-state index in [0.717, 1.165) is 6.20 Å². The number of H-pyrrole nitrogens is 1.